The average Bonchev–Trinajstić information content (AvgIpc) is 3.18. The van der Waals surface area contributed by atoms with Crippen LogP contribution in [-0.4, -0.2) is 43.1 Å². The predicted molar refractivity (Wildman–Crippen MR) is 111 cm³/mol. The van der Waals surface area contributed by atoms with Crippen molar-refractivity contribution < 1.29 is 27.8 Å². The molecule has 32 heavy (non-hydrogen) atoms. The van der Waals surface area contributed by atoms with E-state index >= 15 is 0 Å². The second-order valence-corrected chi connectivity index (χ2v) is 7.81. The summed E-state index contributed by atoms with van der Waals surface area (Å²) in [6.45, 7) is 3.52. The number of carbonyl (C=O) groups is 1. The van der Waals surface area contributed by atoms with Crippen molar-refractivity contribution in [2.45, 2.75) is 32.8 Å². The van der Waals surface area contributed by atoms with Crippen LogP contribution in [0.2, 0.25) is 10.0 Å². The zero-order chi connectivity index (χ0) is 23.6. The molecule has 0 aliphatic carbocycles. The van der Waals surface area contributed by atoms with E-state index in [0.717, 1.165) is 0 Å². The van der Waals surface area contributed by atoms with Crippen molar-refractivity contribution in [3.8, 4) is 17.2 Å². The monoisotopic (exact) mass is 488 g/mol. The minimum atomic E-state index is -4.82. The number of amides is 1. The predicted octanol–water partition coefficient (Wildman–Crippen LogP) is 5.23. The van der Waals surface area contributed by atoms with Gasteiger partial charge in [0, 0.05) is 12.6 Å². The van der Waals surface area contributed by atoms with E-state index in [4.69, 9.17) is 23.2 Å². The maximum Gasteiger partial charge on any atom is 0.573 e. The molecule has 12 heteroatoms. The minimum Gasteiger partial charge on any atom is -0.505 e. The van der Waals surface area contributed by atoms with Crippen LogP contribution in [0.4, 0.5) is 13.2 Å². The molecule has 1 heterocycles. The summed E-state index contributed by atoms with van der Waals surface area (Å²) in [5, 5.41) is 13.8. The maximum absolute atomic E-state index is 13.0. The third kappa shape index (κ3) is 5.63. The van der Waals surface area contributed by atoms with E-state index in [2.05, 4.69) is 14.8 Å². The van der Waals surface area contributed by atoms with Crippen LogP contribution in [0.25, 0.3) is 5.69 Å². The molecule has 0 aliphatic heterocycles. The van der Waals surface area contributed by atoms with Gasteiger partial charge in [0.05, 0.1) is 15.7 Å². The molecule has 2 aromatic carbocycles. The molecule has 1 N–H and O–H groups in total. The van der Waals surface area contributed by atoms with Gasteiger partial charge in [-0.3, -0.25) is 4.79 Å². The van der Waals surface area contributed by atoms with Gasteiger partial charge in [-0.05, 0) is 43.7 Å². The van der Waals surface area contributed by atoms with Gasteiger partial charge in [0.15, 0.2) is 5.75 Å². The Labute approximate surface area is 190 Å². The Kier molecular flexibility index (Phi) is 6.85. The Morgan fingerprint density at radius 2 is 1.88 bits per heavy atom. The van der Waals surface area contributed by atoms with Crippen molar-refractivity contribution in [3.63, 3.8) is 0 Å². The topological polar surface area (TPSA) is 80.5 Å². The Hall–Kier alpha value is -2.98. The summed E-state index contributed by atoms with van der Waals surface area (Å²) in [7, 11) is 0. The van der Waals surface area contributed by atoms with Gasteiger partial charge in [0.25, 0.3) is 5.91 Å². The molecule has 0 atom stereocenters. The number of rotatable bonds is 6. The molecule has 0 fully saturated rings. The van der Waals surface area contributed by atoms with Crippen LogP contribution in [0.15, 0.2) is 42.7 Å². The maximum atomic E-state index is 13.0. The highest BCUT2D eigenvalue weighted by Crippen LogP contribution is 2.33. The van der Waals surface area contributed by atoms with Crippen molar-refractivity contribution in [2.24, 2.45) is 0 Å². The molecule has 0 unspecified atom stereocenters. The van der Waals surface area contributed by atoms with E-state index in [1.807, 2.05) is 0 Å². The normalized spacial score (nSPS) is 11.6. The second kappa shape index (κ2) is 9.25. The van der Waals surface area contributed by atoms with E-state index in [1.165, 1.54) is 46.2 Å². The third-order valence-electron chi connectivity index (χ3n) is 4.32. The van der Waals surface area contributed by atoms with Crippen LogP contribution in [0.5, 0.6) is 11.5 Å². The highest BCUT2D eigenvalue weighted by atomic mass is 35.5. The van der Waals surface area contributed by atoms with E-state index in [9.17, 15) is 23.1 Å². The highest BCUT2D eigenvalue weighted by molar-refractivity contribution is 6.37. The summed E-state index contributed by atoms with van der Waals surface area (Å²) in [4.78, 5) is 18.5. The molecule has 7 nitrogen and oxygen atoms in total. The number of ether oxygens (including phenoxy) is 1. The molecular weight excluding hydrogens is 472 g/mol. The first-order valence-electron chi connectivity index (χ1n) is 9.20. The molecule has 3 aromatic rings. The summed E-state index contributed by atoms with van der Waals surface area (Å²) in [6, 6.07) is 7.87. The highest BCUT2D eigenvalue weighted by Gasteiger charge is 2.31. The lowest BCUT2D eigenvalue weighted by Gasteiger charge is -2.26. The molecule has 3 rings (SSSR count). The molecule has 1 aromatic heterocycles. The van der Waals surface area contributed by atoms with Gasteiger partial charge in [-0.15, -0.1) is 18.3 Å². The average molecular weight is 489 g/mol. The Morgan fingerprint density at radius 1 is 1.22 bits per heavy atom. The van der Waals surface area contributed by atoms with Crippen molar-refractivity contribution in [2.75, 3.05) is 0 Å². The van der Waals surface area contributed by atoms with Crippen molar-refractivity contribution in [1.29, 1.82) is 0 Å². The number of benzene rings is 2. The van der Waals surface area contributed by atoms with Gasteiger partial charge in [0.1, 0.15) is 12.1 Å². The van der Waals surface area contributed by atoms with Crippen LogP contribution >= 0.6 is 23.2 Å². The number of aromatic hydroxyl groups is 1. The molecule has 170 valence electrons. The first-order valence-corrected chi connectivity index (χ1v) is 9.96. The number of carbonyl (C=O) groups excluding carboxylic acids is 1. The molecule has 0 radical (unpaired) electrons. The first kappa shape index (κ1) is 23.7. The molecule has 0 saturated carbocycles. The smallest absolute Gasteiger partial charge is 0.505 e. The number of halogens is 5. The lowest BCUT2D eigenvalue weighted by Crippen LogP contribution is -2.37. The van der Waals surface area contributed by atoms with Crippen molar-refractivity contribution >= 4 is 29.1 Å². The van der Waals surface area contributed by atoms with Gasteiger partial charge < -0.3 is 14.7 Å². The van der Waals surface area contributed by atoms with E-state index < -0.39 is 12.3 Å². The fourth-order valence-corrected chi connectivity index (χ4v) is 3.30. The molecule has 1 amide bonds. The number of nitrogens with zero attached hydrogens (tertiary/aromatic N) is 4. The van der Waals surface area contributed by atoms with Gasteiger partial charge >= 0.3 is 6.36 Å². The number of phenolic OH excluding ortho intramolecular Hbond substituents is 1. The van der Waals surface area contributed by atoms with Crippen LogP contribution < -0.4 is 4.74 Å². The Morgan fingerprint density at radius 3 is 2.47 bits per heavy atom. The number of alkyl halides is 3. The quantitative estimate of drug-likeness (QED) is 0.513. The summed E-state index contributed by atoms with van der Waals surface area (Å²) < 4.78 is 42.7. The summed E-state index contributed by atoms with van der Waals surface area (Å²) in [5.74, 6) is -1.33. The third-order valence-corrected chi connectivity index (χ3v) is 4.89. The SMILES string of the molecule is CC(C)N(Cc1cccc(OC(F)(F)F)c1)C(=O)c1ncn(-c2cc(Cl)c(O)c(Cl)c2)n1. The standard InChI is InChI=1S/C20H17Cl2F3N4O3/c1-11(2)28(9-12-4-3-5-14(6-12)32-20(23,24)25)19(31)18-26-10-29(27-18)13-7-15(21)17(30)16(22)8-13/h3-8,10-11,30H,9H2,1-2H3. The van der Waals surface area contributed by atoms with Crippen molar-refractivity contribution in [1.82, 2.24) is 19.7 Å². The number of phenols is 1. The van der Waals surface area contributed by atoms with Gasteiger partial charge in [-0.25, -0.2) is 9.67 Å². The molecule has 0 bridgehead atoms. The largest absolute Gasteiger partial charge is 0.573 e. The molecular formula is C20H17Cl2F3N4O3. The zero-order valence-corrected chi connectivity index (χ0v) is 18.3. The summed E-state index contributed by atoms with van der Waals surface area (Å²) in [5.41, 5.74) is 0.808. The van der Waals surface area contributed by atoms with Crippen molar-refractivity contribution in [3.05, 3.63) is 64.2 Å². The van der Waals surface area contributed by atoms with E-state index in [-0.39, 0.29) is 40.0 Å². The van der Waals surface area contributed by atoms with Crippen LogP contribution in [-0.2, 0) is 6.54 Å². The van der Waals surface area contributed by atoms with Gasteiger partial charge in [0.2, 0.25) is 5.82 Å². The van der Waals surface area contributed by atoms with Crippen LogP contribution in [0, 0.1) is 0 Å². The van der Waals surface area contributed by atoms with Gasteiger partial charge in [-0.1, -0.05) is 35.3 Å². The summed E-state index contributed by atoms with van der Waals surface area (Å²) in [6.07, 6.45) is -3.54. The van der Waals surface area contributed by atoms with Gasteiger partial charge in [-0.2, -0.15) is 0 Å². The Balaban J connectivity index is 1.83. The fraction of sp³-hybridized carbons (Fsp3) is 0.250. The van der Waals surface area contributed by atoms with Crippen LogP contribution in [0.1, 0.15) is 30.0 Å². The molecule has 0 aliphatic rings. The van der Waals surface area contributed by atoms with Crippen LogP contribution in [0.3, 0.4) is 0 Å². The fourth-order valence-electron chi connectivity index (χ4n) is 2.82. The second-order valence-electron chi connectivity index (χ2n) is 6.99. The minimum absolute atomic E-state index is 0.000594. The summed E-state index contributed by atoms with van der Waals surface area (Å²) >= 11 is 11.8. The lowest BCUT2D eigenvalue weighted by molar-refractivity contribution is -0.274. The van der Waals surface area contributed by atoms with E-state index in [0.29, 0.717) is 11.3 Å². The molecule has 0 saturated heterocycles. The lowest BCUT2D eigenvalue weighted by atomic mass is 10.1. The Bertz CT molecular complexity index is 1110. The first-order chi connectivity index (χ1) is 14.9. The number of hydrogen-bond donors (Lipinski definition) is 1. The molecule has 0 spiro atoms. The number of hydrogen-bond acceptors (Lipinski definition) is 5. The zero-order valence-electron chi connectivity index (χ0n) is 16.8. The number of aromatic nitrogens is 3. The van der Waals surface area contributed by atoms with E-state index in [1.54, 1.807) is 19.9 Å².